The van der Waals surface area contributed by atoms with Crippen molar-refractivity contribution in [1.29, 1.82) is 0 Å². The minimum atomic E-state index is -1.45. The fraction of sp³-hybridized carbons (Fsp3) is 0.125. The quantitative estimate of drug-likeness (QED) is 0.518. The molecule has 0 aromatic heterocycles. The van der Waals surface area contributed by atoms with Crippen LogP contribution in [-0.4, -0.2) is 20.6 Å². The lowest BCUT2D eigenvalue weighted by molar-refractivity contribution is -0.393. The van der Waals surface area contributed by atoms with Gasteiger partial charge in [-0.25, -0.2) is 0 Å². The number of nitro groups is 2. The fourth-order valence-corrected chi connectivity index (χ4v) is 1.47. The van der Waals surface area contributed by atoms with Crippen molar-refractivity contribution in [3.8, 4) is 0 Å². The van der Waals surface area contributed by atoms with Gasteiger partial charge in [-0.3, -0.25) is 25.0 Å². The molecule has 1 aromatic rings. The predicted molar refractivity (Wildman–Crippen MR) is 68.9 cm³/mol. The van der Waals surface area contributed by atoms with Crippen LogP contribution in [0.2, 0.25) is 5.02 Å². The van der Waals surface area contributed by atoms with Crippen LogP contribution < -0.4 is 5.32 Å². The summed E-state index contributed by atoms with van der Waals surface area (Å²) in [6.07, 6.45) is 0. The summed E-state index contributed by atoms with van der Waals surface area (Å²) in [5, 5.41) is 23.1. The summed E-state index contributed by atoms with van der Waals surface area (Å²) >= 11 is 16.1. The lowest BCUT2D eigenvalue weighted by Crippen LogP contribution is -2.19. The first-order valence-corrected chi connectivity index (χ1v) is 5.70. The third kappa shape index (κ3) is 3.66. The molecule has 0 unspecified atom stereocenters. The molecule has 1 N–H and O–H groups in total. The minimum Gasteiger partial charge on any atom is -0.318 e. The number of benzene rings is 1. The standard InChI is InChI=1S/C8H4Cl3N3O5/c9-3-1-4(12-8(15)7(10)11)6(14(18)19)2-5(3)13(16)17/h1-2,7H,(H,12,15). The topological polar surface area (TPSA) is 115 Å². The Morgan fingerprint density at radius 2 is 1.68 bits per heavy atom. The van der Waals surface area contributed by atoms with Crippen LogP contribution in [-0.2, 0) is 4.79 Å². The molecule has 1 amide bonds. The molecule has 102 valence electrons. The van der Waals surface area contributed by atoms with Gasteiger partial charge in [0.25, 0.3) is 17.3 Å². The molecule has 0 bridgehead atoms. The van der Waals surface area contributed by atoms with Gasteiger partial charge in [-0.15, -0.1) is 0 Å². The lowest BCUT2D eigenvalue weighted by Gasteiger charge is -2.07. The third-order valence-electron chi connectivity index (χ3n) is 1.91. The Kier molecular flexibility index (Phi) is 4.87. The molecule has 8 nitrogen and oxygen atoms in total. The Labute approximate surface area is 120 Å². The number of amides is 1. The van der Waals surface area contributed by atoms with Gasteiger partial charge in [-0.05, 0) is 6.07 Å². The van der Waals surface area contributed by atoms with Crippen LogP contribution in [0.1, 0.15) is 0 Å². The normalized spacial score (nSPS) is 10.3. The molecule has 1 aromatic carbocycles. The average Bonchev–Trinajstić information content (AvgIpc) is 2.27. The molecule has 11 heteroatoms. The number of hydrogen-bond donors (Lipinski definition) is 1. The molecule has 0 radical (unpaired) electrons. The third-order valence-corrected chi connectivity index (χ3v) is 2.61. The molecule has 0 fully saturated rings. The number of carbonyl (C=O) groups excluding carboxylic acids is 1. The largest absolute Gasteiger partial charge is 0.318 e. The number of halogens is 3. The van der Waals surface area contributed by atoms with Gasteiger partial charge in [0.1, 0.15) is 10.7 Å². The van der Waals surface area contributed by atoms with E-state index in [1.165, 1.54) is 0 Å². The first-order chi connectivity index (χ1) is 8.73. The van der Waals surface area contributed by atoms with Crippen LogP contribution in [0.4, 0.5) is 17.1 Å². The summed E-state index contributed by atoms with van der Waals surface area (Å²) in [7, 11) is 0. The smallest absolute Gasteiger partial charge is 0.299 e. The van der Waals surface area contributed by atoms with E-state index in [2.05, 4.69) is 0 Å². The second-order valence-corrected chi connectivity index (χ2v) is 4.63. The van der Waals surface area contributed by atoms with Crippen molar-refractivity contribution in [2.75, 3.05) is 5.32 Å². The number of hydrogen-bond acceptors (Lipinski definition) is 5. The Morgan fingerprint density at radius 3 is 2.11 bits per heavy atom. The monoisotopic (exact) mass is 327 g/mol. The van der Waals surface area contributed by atoms with Gasteiger partial charge >= 0.3 is 0 Å². The fourth-order valence-electron chi connectivity index (χ4n) is 1.13. The van der Waals surface area contributed by atoms with E-state index in [1.807, 2.05) is 5.32 Å². The molecule has 0 saturated carbocycles. The van der Waals surface area contributed by atoms with Gasteiger partial charge in [0.05, 0.1) is 15.9 Å². The zero-order chi connectivity index (χ0) is 14.7. The van der Waals surface area contributed by atoms with Crippen LogP contribution in [0.25, 0.3) is 0 Å². The van der Waals surface area contributed by atoms with Gasteiger partial charge in [0.2, 0.25) is 0 Å². The molecule has 19 heavy (non-hydrogen) atoms. The van der Waals surface area contributed by atoms with Gasteiger partial charge in [0.15, 0.2) is 4.84 Å². The van der Waals surface area contributed by atoms with E-state index in [1.54, 1.807) is 0 Å². The molecule has 1 rings (SSSR count). The SMILES string of the molecule is O=C(Nc1cc(Cl)c([N+](=O)[O-])cc1[N+](=O)[O-])C(Cl)Cl. The van der Waals surface area contributed by atoms with Crippen LogP contribution in [0.15, 0.2) is 12.1 Å². The van der Waals surface area contributed by atoms with Gasteiger partial charge in [0, 0.05) is 0 Å². The summed E-state index contributed by atoms with van der Waals surface area (Å²) < 4.78 is 0. The maximum Gasteiger partial charge on any atom is 0.299 e. The molecule has 0 aliphatic rings. The number of carbonyl (C=O) groups is 1. The Bertz CT molecular complexity index is 563. The second kappa shape index (κ2) is 6.00. The number of nitrogens with one attached hydrogen (secondary N) is 1. The van der Waals surface area contributed by atoms with Crippen molar-refractivity contribution in [2.45, 2.75) is 4.84 Å². The lowest BCUT2D eigenvalue weighted by atomic mass is 10.2. The minimum absolute atomic E-state index is 0.336. The predicted octanol–water partition coefficient (Wildman–Crippen LogP) is 2.90. The molecule has 0 atom stereocenters. The number of rotatable bonds is 4. The van der Waals surface area contributed by atoms with Crippen molar-refractivity contribution in [2.24, 2.45) is 0 Å². The highest BCUT2D eigenvalue weighted by molar-refractivity contribution is 6.54. The molecule has 0 aliphatic heterocycles. The highest BCUT2D eigenvalue weighted by Gasteiger charge is 2.25. The summed E-state index contributed by atoms with van der Waals surface area (Å²) in [5.41, 5.74) is -1.69. The second-order valence-electron chi connectivity index (χ2n) is 3.12. The summed E-state index contributed by atoms with van der Waals surface area (Å²) in [6.45, 7) is 0. The Morgan fingerprint density at radius 1 is 1.16 bits per heavy atom. The number of alkyl halides is 2. The van der Waals surface area contributed by atoms with E-state index >= 15 is 0 Å². The van der Waals surface area contributed by atoms with Gasteiger partial charge in [-0.1, -0.05) is 34.8 Å². The van der Waals surface area contributed by atoms with Crippen LogP contribution >= 0.6 is 34.8 Å². The van der Waals surface area contributed by atoms with Crippen molar-refractivity contribution in [3.05, 3.63) is 37.4 Å². The maximum absolute atomic E-state index is 11.2. The molecule has 0 heterocycles. The van der Waals surface area contributed by atoms with E-state index in [-0.39, 0.29) is 10.7 Å². The van der Waals surface area contributed by atoms with E-state index in [0.29, 0.717) is 6.07 Å². The molecule has 0 aliphatic carbocycles. The van der Waals surface area contributed by atoms with Crippen molar-refractivity contribution >= 4 is 57.8 Å². The maximum atomic E-state index is 11.2. The summed E-state index contributed by atoms with van der Waals surface area (Å²) in [5.74, 6) is -0.920. The van der Waals surface area contributed by atoms with Crippen LogP contribution in [0.3, 0.4) is 0 Å². The van der Waals surface area contributed by atoms with E-state index in [9.17, 15) is 25.0 Å². The van der Waals surface area contributed by atoms with E-state index in [4.69, 9.17) is 34.8 Å². The van der Waals surface area contributed by atoms with Crippen molar-refractivity contribution in [3.63, 3.8) is 0 Å². The van der Waals surface area contributed by atoms with Crippen LogP contribution in [0, 0.1) is 20.2 Å². The highest BCUT2D eigenvalue weighted by Crippen LogP contribution is 2.35. The average molecular weight is 328 g/mol. The summed E-state index contributed by atoms with van der Waals surface area (Å²) in [4.78, 5) is 29.4. The molecular weight excluding hydrogens is 324 g/mol. The summed E-state index contributed by atoms with van der Waals surface area (Å²) in [6, 6.07) is 1.52. The zero-order valence-electron chi connectivity index (χ0n) is 8.80. The van der Waals surface area contributed by atoms with E-state index < -0.39 is 32.0 Å². The first kappa shape index (κ1) is 15.4. The number of nitrogens with zero attached hydrogens (tertiary/aromatic N) is 2. The van der Waals surface area contributed by atoms with E-state index in [0.717, 1.165) is 6.07 Å². The van der Waals surface area contributed by atoms with Crippen molar-refractivity contribution in [1.82, 2.24) is 0 Å². The number of nitro benzene ring substituents is 2. The molecule has 0 saturated heterocycles. The van der Waals surface area contributed by atoms with Crippen molar-refractivity contribution < 1.29 is 14.6 Å². The highest BCUT2D eigenvalue weighted by atomic mass is 35.5. The Hall–Kier alpha value is -1.64. The zero-order valence-corrected chi connectivity index (χ0v) is 11.1. The molecular formula is C8H4Cl3N3O5. The van der Waals surface area contributed by atoms with Crippen LogP contribution in [0.5, 0.6) is 0 Å². The number of anilines is 1. The molecule has 0 spiro atoms. The Balaban J connectivity index is 3.31. The van der Waals surface area contributed by atoms with Gasteiger partial charge < -0.3 is 5.32 Å². The first-order valence-electron chi connectivity index (χ1n) is 4.45. The van der Waals surface area contributed by atoms with Gasteiger partial charge in [-0.2, -0.15) is 0 Å².